The molecule has 0 atom stereocenters. The summed E-state index contributed by atoms with van der Waals surface area (Å²) >= 11 is 0. The van der Waals surface area contributed by atoms with Crippen LogP contribution < -0.4 is 16.4 Å². The number of amides is 2. The van der Waals surface area contributed by atoms with E-state index in [2.05, 4.69) is 26.0 Å². The van der Waals surface area contributed by atoms with Crippen LogP contribution in [0.4, 0.5) is 5.69 Å². The highest BCUT2D eigenvalue weighted by molar-refractivity contribution is 6.02. The molecule has 0 bridgehead atoms. The fraction of sp³-hybridized carbons (Fsp3) is 0.364. The van der Waals surface area contributed by atoms with Gasteiger partial charge >= 0.3 is 0 Å². The van der Waals surface area contributed by atoms with Gasteiger partial charge in [-0.15, -0.1) is 5.10 Å². The Morgan fingerprint density at radius 1 is 1.43 bits per heavy atom. The first-order valence-electron chi connectivity index (χ1n) is 6.36. The van der Waals surface area contributed by atoms with E-state index >= 15 is 0 Å². The van der Waals surface area contributed by atoms with E-state index in [1.165, 1.54) is 17.1 Å². The van der Waals surface area contributed by atoms with Gasteiger partial charge in [-0.3, -0.25) is 14.3 Å². The van der Waals surface area contributed by atoms with Crippen LogP contribution >= 0.6 is 0 Å². The molecule has 0 spiro atoms. The number of nitrogens with zero attached hydrogens (tertiary/aromatic N) is 5. The van der Waals surface area contributed by atoms with Crippen LogP contribution in [0.3, 0.4) is 0 Å². The van der Waals surface area contributed by atoms with Crippen LogP contribution in [0.25, 0.3) is 0 Å². The van der Waals surface area contributed by atoms with Gasteiger partial charge in [-0.25, -0.2) is 4.68 Å². The maximum Gasteiger partial charge on any atom is 0.277 e. The Labute approximate surface area is 119 Å². The molecule has 0 saturated carbocycles. The summed E-state index contributed by atoms with van der Waals surface area (Å²) in [5.41, 5.74) is 5.75. The van der Waals surface area contributed by atoms with Gasteiger partial charge in [-0.2, -0.15) is 5.10 Å². The first-order valence-corrected chi connectivity index (χ1v) is 6.36. The van der Waals surface area contributed by atoms with Crippen molar-refractivity contribution in [3.63, 3.8) is 0 Å². The molecule has 1 fully saturated rings. The van der Waals surface area contributed by atoms with Crippen molar-refractivity contribution >= 4 is 17.5 Å². The van der Waals surface area contributed by atoms with Crippen molar-refractivity contribution in [2.45, 2.75) is 12.6 Å². The Hall–Kier alpha value is -2.75. The second-order valence-corrected chi connectivity index (χ2v) is 4.74. The van der Waals surface area contributed by atoms with Gasteiger partial charge in [-0.1, -0.05) is 5.21 Å². The van der Waals surface area contributed by atoms with Crippen molar-refractivity contribution in [3.8, 4) is 0 Å². The number of nitrogens with two attached hydrogens (primary N) is 1. The third kappa shape index (κ3) is 2.89. The Morgan fingerprint density at radius 2 is 2.24 bits per heavy atom. The molecule has 2 amide bonds. The molecule has 10 nitrogen and oxygen atoms in total. The van der Waals surface area contributed by atoms with E-state index in [0.717, 1.165) is 13.1 Å². The van der Waals surface area contributed by atoms with E-state index in [4.69, 9.17) is 5.73 Å². The molecule has 0 radical (unpaired) electrons. The maximum absolute atomic E-state index is 12.0. The number of hydrogen-bond donors (Lipinski definition) is 3. The van der Waals surface area contributed by atoms with Gasteiger partial charge in [0.1, 0.15) is 6.54 Å². The van der Waals surface area contributed by atoms with E-state index in [0.29, 0.717) is 5.69 Å². The van der Waals surface area contributed by atoms with Crippen LogP contribution in [0.1, 0.15) is 16.5 Å². The topological polar surface area (TPSA) is 133 Å². The fourth-order valence-electron chi connectivity index (χ4n) is 1.89. The third-order valence-electron chi connectivity index (χ3n) is 3.09. The first-order chi connectivity index (χ1) is 10.1. The lowest BCUT2D eigenvalue weighted by atomic mass is 10.2. The summed E-state index contributed by atoms with van der Waals surface area (Å²) in [6.07, 6.45) is 4.55. The van der Waals surface area contributed by atoms with E-state index in [-0.39, 0.29) is 24.2 Å². The molecule has 2 aromatic rings. The van der Waals surface area contributed by atoms with Crippen molar-refractivity contribution in [3.05, 3.63) is 24.3 Å². The van der Waals surface area contributed by atoms with Gasteiger partial charge in [0.25, 0.3) is 5.91 Å². The molecule has 21 heavy (non-hydrogen) atoms. The van der Waals surface area contributed by atoms with Crippen molar-refractivity contribution in [2.75, 3.05) is 18.4 Å². The molecule has 1 aliphatic rings. The summed E-state index contributed by atoms with van der Waals surface area (Å²) in [4.78, 5) is 22.8. The molecule has 0 aliphatic carbocycles. The summed E-state index contributed by atoms with van der Waals surface area (Å²) in [6.45, 7) is 1.61. The van der Waals surface area contributed by atoms with E-state index in [9.17, 15) is 9.59 Å². The lowest BCUT2D eigenvalue weighted by Gasteiger charge is -2.26. The minimum Gasteiger partial charge on any atom is -0.368 e. The zero-order valence-corrected chi connectivity index (χ0v) is 11.1. The van der Waals surface area contributed by atoms with Crippen molar-refractivity contribution < 1.29 is 9.59 Å². The van der Waals surface area contributed by atoms with Crippen molar-refractivity contribution in [1.29, 1.82) is 0 Å². The van der Waals surface area contributed by atoms with Gasteiger partial charge in [-0.05, 0) is 0 Å². The monoisotopic (exact) mass is 290 g/mol. The Kier molecular flexibility index (Phi) is 3.36. The summed E-state index contributed by atoms with van der Waals surface area (Å²) in [7, 11) is 0. The first kappa shape index (κ1) is 13.2. The standard InChI is InChI=1S/C11H14N8O2/c12-10(20)6-18-4-7(1-14-18)15-11(21)9-5-19(17-16-9)8-2-13-3-8/h1,4-5,8,13H,2-3,6H2,(H2,12,20)(H,15,21). The predicted molar refractivity (Wildman–Crippen MR) is 71.3 cm³/mol. The van der Waals surface area contributed by atoms with Gasteiger partial charge in [0.15, 0.2) is 5.69 Å². The Morgan fingerprint density at radius 3 is 2.90 bits per heavy atom. The molecule has 110 valence electrons. The van der Waals surface area contributed by atoms with Crippen LogP contribution in [0.5, 0.6) is 0 Å². The van der Waals surface area contributed by atoms with Crippen LogP contribution in [0, 0.1) is 0 Å². The number of primary amides is 1. The smallest absolute Gasteiger partial charge is 0.277 e. The molecule has 0 aromatic carbocycles. The average molecular weight is 290 g/mol. The van der Waals surface area contributed by atoms with Crippen LogP contribution in [0.15, 0.2) is 18.6 Å². The van der Waals surface area contributed by atoms with Gasteiger partial charge < -0.3 is 16.4 Å². The molecule has 1 aliphatic heterocycles. The predicted octanol–water partition coefficient (Wildman–Crippen LogP) is -1.64. The van der Waals surface area contributed by atoms with E-state index < -0.39 is 5.91 Å². The fourth-order valence-corrected chi connectivity index (χ4v) is 1.89. The molecular weight excluding hydrogens is 276 g/mol. The maximum atomic E-state index is 12.0. The number of rotatable bonds is 5. The zero-order valence-electron chi connectivity index (χ0n) is 11.1. The van der Waals surface area contributed by atoms with E-state index in [1.54, 1.807) is 10.9 Å². The minimum absolute atomic E-state index is 0.0409. The molecule has 0 unspecified atom stereocenters. The van der Waals surface area contributed by atoms with Gasteiger partial charge in [0.2, 0.25) is 5.91 Å². The third-order valence-corrected chi connectivity index (χ3v) is 3.09. The second kappa shape index (κ2) is 5.32. The summed E-state index contributed by atoms with van der Waals surface area (Å²) in [6, 6.07) is 0.248. The Bertz CT molecular complexity index is 671. The quantitative estimate of drug-likeness (QED) is 0.604. The van der Waals surface area contributed by atoms with Crippen LogP contribution in [0.2, 0.25) is 0 Å². The van der Waals surface area contributed by atoms with Gasteiger partial charge in [0.05, 0.1) is 24.1 Å². The lowest BCUT2D eigenvalue weighted by Crippen LogP contribution is -2.43. The molecule has 3 heterocycles. The average Bonchev–Trinajstić information content (AvgIpc) is 2.96. The highest BCUT2D eigenvalue weighted by Crippen LogP contribution is 2.11. The van der Waals surface area contributed by atoms with E-state index in [1.807, 2.05) is 0 Å². The minimum atomic E-state index is -0.506. The number of anilines is 1. The number of hydrogen-bond acceptors (Lipinski definition) is 6. The van der Waals surface area contributed by atoms with Crippen molar-refractivity contribution in [1.82, 2.24) is 30.1 Å². The Balaban J connectivity index is 1.64. The zero-order chi connectivity index (χ0) is 14.8. The number of nitrogens with one attached hydrogen (secondary N) is 2. The molecule has 1 saturated heterocycles. The number of carbonyl (C=O) groups is 2. The van der Waals surface area contributed by atoms with Crippen LogP contribution in [-0.2, 0) is 11.3 Å². The number of carbonyl (C=O) groups excluding carboxylic acids is 2. The lowest BCUT2D eigenvalue weighted by molar-refractivity contribution is -0.118. The second-order valence-electron chi connectivity index (χ2n) is 4.74. The summed E-state index contributed by atoms with van der Waals surface area (Å²) in [5.74, 6) is -0.889. The molecule has 4 N–H and O–H groups in total. The normalized spacial score (nSPS) is 14.7. The SMILES string of the molecule is NC(=O)Cn1cc(NC(=O)c2cn(C3CNC3)nn2)cn1. The molecule has 2 aromatic heterocycles. The highest BCUT2D eigenvalue weighted by Gasteiger charge is 2.21. The number of aromatic nitrogens is 5. The summed E-state index contributed by atoms with van der Waals surface area (Å²) < 4.78 is 3.01. The highest BCUT2D eigenvalue weighted by atomic mass is 16.2. The summed E-state index contributed by atoms with van der Waals surface area (Å²) in [5, 5.41) is 17.4. The van der Waals surface area contributed by atoms with Gasteiger partial charge in [0, 0.05) is 19.3 Å². The molecule has 10 heteroatoms. The molecule has 3 rings (SSSR count). The van der Waals surface area contributed by atoms with Crippen molar-refractivity contribution in [2.24, 2.45) is 5.73 Å². The molecular formula is C11H14N8O2. The largest absolute Gasteiger partial charge is 0.368 e. The van der Waals surface area contributed by atoms with Crippen LogP contribution in [-0.4, -0.2) is 49.7 Å².